The second-order valence-corrected chi connectivity index (χ2v) is 6.01. The summed E-state index contributed by atoms with van der Waals surface area (Å²) >= 11 is 0. The summed E-state index contributed by atoms with van der Waals surface area (Å²) in [7, 11) is 1.38. The van der Waals surface area contributed by atoms with Crippen LogP contribution in [0.4, 0.5) is 0 Å². The van der Waals surface area contributed by atoms with Crippen LogP contribution in [0, 0.1) is 0 Å². The number of benzene rings is 2. The standard InChI is InChI=1S/C22H26O3/c1-4-5-6-10-17(2)20-13-7-8-14-21(20)25-16-18-11-9-12-19(15-18)22(23)24-3/h7-15H,4-6,16H2,1-3H3/b17-10-. The number of hydrogen-bond donors (Lipinski definition) is 0. The van der Waals surface area contributed by atoms with Gasteiger partial charge in [0.25, 0.3) is 0 Å². The molecule has 0 aliphatic heterocycles. The van der Waals surface area contributed by atoms with E-state index in [1.807, 2.05) is 30.3 Å². The molecule has 0 atom stereocenters. The van der Waals surface area contributed by atoms with Gasteiger partial charge in [-0.1, -0.05) is 56.2 Å². The van der Waals surface area contributed by atoms with Crippen molar-refractivity contribution in [1.29, 1.82) is 0 Å². The molecule has 2 aromatic rings. The minimum absolute atomic E-state index is 0.336. The number of allylic oxidation sites excluding steroid dienone is 2. The van der Waals surface area contributed by atoms with Crippen LogP contribution in [0.1, 0.15) is 54.6 Å². The average Bonchev–Trinajstić information content (AvgIpc) is 2.66. The predicted octanol–water partition coefficient (Wildman–Crippen LogP) is 5.65. The van der Waals surface area contributed by atoms with Crippen LogP contribution in [-0.4, -0.2) is 13.1 Å². The van der Waals surface area contributed by atoms with Gasteiger partial charge in [0.15, 0.2) is 0 Å². The van der Waals surface area contributed by atoms with Gasteiger partial charge in [-0.15, -0.1) is 0 Å². The van der Waals surface area contributed by atoms with Gasteiger partial charge in [-0.05, 0) is 42.7 Å². The highest BCUT2D eigenvalue weighted by atomic mass is 16.5. The molecule has 0 saturated carbocycles. The smallest absolute Gasteiger partial charge is 0.337 e. The lowest BCUT2D eigenvalue weighted by atomic mass is 10.0. The molecule has 132 valence electrons. The zero-order valence-corrected chi connectivity index (χ0v) is 15.2. The van der Waals surface area contributed by atoms with E-state index in [2.05, 4.69) is 26.0 Å². The molecule has 0 aliphatic rings. The quantitative estimate of drug-likeness (QED) is 0.461. The number of unbranched alkanes of at least 4 members (excludes halogenated alkanes) is 2. The Morgan fingerprint density at radius 3 is 2.68 bits per heavy atom. The summed E-state index contributed by atoms with van der Waals surface area (Å²) in [5, 5.41) is 0. The molecule has 3 nitrogen and oxygen atoms in total. The van der Waals surface area contributed by atoms with E-state index in [9.17, 15) is 4.79 Å². The fraction of sp³-hybridized carbons (Fsp3) is 0.318. The third-order valence-corrected chi connectivity index (χ3v) is 4.06. The largest absolute Gasteiger partial charge is 0.488 e. The molecule has 2 aromatic carbocycles. The number of para-hydroxylation sites is 1. The minimum atomic E-state index is -0.336. The summed E-state index contributed by atoms with van der Waals surface area (Å²) in [6.07, 6.45) is 5.74. The highest BCUT2D eigenvalue weighted by Crippen LogP contribution is 2.27. The van der Waals surface area contributed by atoms with Crippen molar-refractivity contribution in [2.24, 2.45) is 0 Å². The van der Waals surface area contributed by atoms with E-state index >= 15 is 0 Å². The van der Waals surface area contributed by atoms with Gasteiger partial charge < -0.3 is 9.47 Å². The van der Waals surface area contributed by atoms with Crippen molar-refractivity contribution in [2.75, 3.05) is 7.11 Å². The molecule has 0 amide bonds. The molecule has 3 heteroatoms. The SMILES string of the molecule is CCCC/C=C(/C)c1ccccc1OCc1cccc(C(=O)OC)c1. The molecule has 0 fully saturated rings. The van der Waals surface area contributed by atoms with Gasteiger partial charge >= 0.3 is 5.97 Å². The maximum absolute atomic E-state index is 11.6. The molecule has 0 heterocycles. The highest BCUT2D eigenvalue weighted by Gasteiger charge is 2.08. The maximum Gasteiger partial charge on any atom is 0.337 e. The Balaban J connectivity index is 2.11. The van der Waals surface area contributed by atoms with Crippen molar-refractivity contribution in [3.05, 3.63) is 71.3 Å². The number of ether oxygens (including phenoxy) is 2. The summed E-state index contributed by atoms with van der Waals surface area (Å²) in [5.41, 5.74) is 3.81. The van der Waals surface area contributed by atoms with Crippen LogP contribution in [-0.2, 0) is 11.3 Å². The predicted molar refractivity (Wildman–Crippen MR) is 102 cm³/mol. The monoisotopic (exact) mass is 338 g/mol. The van der Waals surface area contributed by atoms with E-state index in [0.29, 0.717) is 12.2 Å². The molecule has 0 saturated heterocycles. The van der Waals surface area contributed by atoms with Crippen LogP contribution in [0.2, 0.25) is 0 Å². The summed E-state index contributed by atoms with van der Waals surface area (Å²) in [4.78, 5) is 11.6. The van der Waals surface area contributed by atoms with E-state index < -0.39 is 0 Å². The summed E-state index contributed by atoms with van der Waals surface area (Å²) in [6.45, 7) is 4.72. The lowest BCUT2D eigenvalue weighted by Gasteiger charge is -2.12. The van der Waals surface area contributed by atoms with Crippen LogP contribution in [0.25, 0.3) is 5.57 Å². The van der Waals surface area contributed by atoms with Crippen molar-refractivity contribution >= 4 is 11.5 Å². The number of rotatable bonds is 8. The van der Waals surface area contributed by atoms with Crippen LogP contribution >= 0.6 is 0 Å². The molecule has 2 rings (SSSR count). The van der Waals surface area contributed by atoms with Crippen LogP contribution in [0.5, 0.6) is 5.75 Å². The number of methoxy groups -OCH3 is 1. The summed E-state index contributed by atoms with van der Waals surface area (Å²) in [5.74, 6) is 0.521. The van der Waals surface area contributed by atoms with Crippen molar-refractivity contribution in [1.82, 2.24) is 0 Å². The van der Waals surface area contributed by atoms with Gasteiger partial charge in [-0.2, -0.15) is 0 Å². The van der Waals surface area contributed by atoms with Crippen molar-refractivity contribution in [3.8, 4) is 5.75 Å². The first-order valence-electron chi connectivity index (χ1n) is 8.72. The Morgan fingerprint density at radius 1 is 1.12 bits per heavy atom. The Bertz CT molecular complexity index is 732. The molecule has 25 heavy (non-hydrogen) atoms. The summed E-state index contributed by atoms with van der Waals surface area (Å²) in [6, 6.07) is 15.4. The first-order chi connectivity index (χ1) is 12.2. The highest BCUT2D eigenvalue weighted by molar-refractivity contribution is 5.89. The van der Waals surface area contributed by atoms with Gasteiger partial charge in [-0.3, -0.25) is 0 Å². The molecule has 0 N–H and O–H groups in total. The van der Waals surface area contributed by atoms with Crippen molar-refractivity contribution in [3.63, 3.8) is 0 Å². The number of esters is 1. The average molecular weight is 338 g/mol. The van der Waals surface area contributed by atoms with E-state index in [-0.39, 0.29) is 5.97 Å². The second-order valence-electron chi connectivity index (χ2n) is 6.01. The zero-order chi connectivity index (χ0) is 18.1. The van der Waals surface area contributed by atoms with Gasteiger partial charge in [0.1, 0.15) is 12.4 Å². The lowest BCUT2D eigenvalue weighted by Crippen LogP contribution is -2.03. The molecule has 0 aromatic heterocycles. The third kappa shape index (κ3) is 5.49. The van der Waals surface area contributed by atoms with Gasteiger partial charge in [0, 0.05) is 5.56 Å². The fourth-order valence-electron chi connectivity index (χ4n) is 2.62. The fourth-order valence-corrected chi connectivity index (χ4v) is 2.62. The Labute approximate surface area is 150 Å². The normalized spacial score (nSPS) is 11.2. The second kappa shape index (κ2) is 9.67. The first-order valence-corrected chi connectivity index (χ1v) is 8.72. The molecule has 0 aliphatic carbocycles. The molecule has 0 radical (unpaired) electrons. The number of carbonyl (C=O) groups excluding carboxylic acids is 1. The summed E-state index contributed by atoms with van der Waals surface area (Å²) < 4.78 is 10.8. The molecular formula is C22H26O3. The molecular weight excluding hydrogens is 312 g/mol. The van der Waals surface area contributed by atoms with Crippen LogP contribution in [0.15, 0.2) is 54.6 Å². The van der Waals surface area contributed by atoms with E-state index in [4.69, 9.17) is 9.47 Å². The molecule has 0 spiro atoms. The Kier molecular flexibility index (Phi) is 7.27. The van der Waals surface area contributed by atoms with E-state index in [1.165, 1.54) is 25.5 Å². The lowest BCUT2D eigenvalue weighted by molar-refractivity contribution is 0.0600. The number of carbonyl (C=O) groups is 1. The van der Waals surface area contributed by atoms with Crippen molar-refractivity contribution in [2.45, 2.75) is 39.7 Å². The van der Waals surface area contributed by atoms with Gasteiger partial charge in [0.05, 0.1) is 12.7 Å². The first kappa shape index (κ1) is 18.8. The zero-order valence-electron chi connectivity index (χ0n) is 15.2. The van der Waals surface area contributed by atoms with Gasteiger partial charge in [0.2, 0.25) is 0 Å². The van der Waals surface area contributed by atoms with Gasteiger partial charge in [-0.25, -0.2) is 4.79 Å². The Morgan fingerprint density at radius 2 is 1.92 bits per heavy atom. The molecule has 0 bridgehead atoms. The molecule has 0 unspecified atom stereocenters. The van der Waals surface area contributed by atoms with E-state index in [1.54, 1.807) is 12.1 Å². The van der Waals surface area contributed by atoms with E-state index in [0.717, 1.165) is 23.3 Å². The van der Waals surface area contributed by atoms with Crippen LogP contribution in [0.3, 0.4) is 0 Å². The van der Waals surface area contributed by atoms with Crippen LogP contribution < -0.4 is 4.74 Å². The third-order valence-electron chi connectivity index (χ3n) is 4.06. The minimum Gasteiger partial charge on any atom is -0.488 e. The maximum atomic E-state index is 11.6. The Hall–Kier alpha value is -2.55. The topological polar surface area (TPSA) is 35.5 Å². The number of hydrogen-bond acceptors (Lipinski definition) is 3. The van der Waals surface area contributed by atoms with Crippen molar-refractivity contribution < 1.29 is 14.3 Å².